The van der Waals surface area contributed by atoms with E-state index in [9.17, 15) is 9.18 Å². The first kappa shape index (κ1) is 14.3. The summed E-state index contributed by atoms with van der Waals surface area (Å²) in [6.07, 6.45) is 3.50. The van der Waals surface area contributed by atoms with Crippen LogP contribution >= 0.6 is 0 Å². The highest BCUT2D eigenvalue weighted by Crippen LogP contribution is 2.30. The molecule has 0 unspecified atom stereocenters. The second-order valence-corrected chi connectivity index (χ2v) is 6.09. The maximum Gasteiger partial charge on any atom is 0.253 e. The predicted octanol–water partition coefficient (Wildman–Crippen LogP) is 3.15. The van der Waals surface area contributed by atoms with Crippen LogP contribution in [0.3, 0.4) is 0 Å². The molecule has 1 amide bonds. The zero-order valence-electron chi connectivity index (χ0n) is 12.2. The molecule has 2 atom stereocenters. The Morgan fingerprint density at radius 1 is 1.29 bits per heavy atom. The lowest BCUT2D eigenvalue weighted by Gasteiger charge is -2.26. The second-order valence-electron chi connectivity index (χ2n) is 6.09. The Morgan fingerprint density at radius 2 is 2.10 bits per heavy atom. The highest BCUT2D eigenvalue weighted by Gasteiger charge is 2.27. The molecule has 0 spiro atoms. The highest BCUT2D eigenvalue weighted by atomic mass is 19.1. The molecule has 0 bridgehead atoms. The minimum atomic E-state index is -0.410. The summed E-state index contributed by atoms with van der Waals surface area (Å²) in [5.41, 5.74) is 1.27. The van der Waals surface area contributed by atoms with Crippen LogP contribution in [0, 0.1) is 11.7 Å². The Morgan fingerprint density at radius 3 is 2.81 bits per heavy atom. The summed E-state index contributed by atoms with van der Waals surface area (Å²) in [5, 5.41) is 6.11. The van der Waals surface area contributed by atoms with Gasteiger partial charge in [0.25, 0.3) is 5.91 Å². The molecule has 1 saturated heterocycles. The van der Waals surface area contributed by atoms with Crippen LogP contribution in [0.4, 0.5) is 15.8 Å². The van der Waals surface area contributed by atoms with E-state index < -0.39 is 6.10 Å². The predicted molar refractivity (Wildman–Crippen MR) is 79.8 cm³/mol. The minimum absolute atomic E-state index is 0.146. The summed E-state index contributed by atoms with van der Waals surface area (Å²) in [5.74, 6) is 0.0393. The van der Waals surface area contributed by atoms with Gasteiger partial charge in [-0.1, -0.05) is 6.92 Å². The third-order valence-corrected chi connectivity index (χ3v) is 4.02. The number of anilines is 2. The summed E-state index contributed by atoms with van der Waals surface area (Å²) >= 11 is 0. The molecule has 2 fully saturated rings. The molecule has 4 nitrogen and oxygen atoms in total. The van der Waals surface area contributed by atoms with Gasteiger partial charge in [-0.25, -0.2) is 4.39 Å². The normalized spacial score (nSPS) is 25.4. The van der Waals surface area contributed by atoms with Crippen molar-refractivity contribution in [2.24, 2.45) is 5.92 Å². The molecule has 0 radical (unpaired) electrons. The van der Waals surface area contributed by atoms with Gasteiger partial charge in [0.05, 0.1) is 11.4 Å². The fourth-order valence-corrected chi connectivity index (χ4v) is 2.55. The zero-order chi connectivity index (χ0) is 14.8. The Labute approximate surface area is 124 Å². The van der Waals surface area contributed by atoms with Crippen molar-refractivity contribution in [3.63, 3.8) is 0 Å². The van der Waals surface area contributed by atoms with Crippen LogP contribution in [0.1, 0.15) is 32.6 Å². The van der Waals surface area contributed by atoms with Crippen molar-refractivity contribution in [3.8, 4) is 0 Å². The van der Waals surface area contributed by atoms with Gasteiger partial charge >= 0.3 is 0 Å². The molecule has 2 aliphatic rings. The fraction of sp³-hybridized carbons (Fsp3) is 0.562. The largest absolute Gasteiger partial charge is 0.381 e. The molecule has 3 rings (SSSR count). The third-order valence-electron chi connectivity index (χ3n) is 4.02. The fourth-order valence-electron chi connectivity index (χ4n) is 2.55. The number of halogens is 1. The molecule has 1 aromatic carbocycles. The summed E-state index contributed by atoms with van der Waals surface area (Å²) < 4.78 is 18.9. The van der Waals surface area contributed by atoms with Gasteiger partial charge in [-0.2, -0.15) is 0 Å². The van der Waals surface area contributed by atoms with Gasteiger partial charge in [0, 0.05) is 12.6 Å². The van der Waals surface area contributed by atoms with E-state index in [1.807, 2.05) is 0 Å². The number of hydrogen-bond acceptors (Lipinski definition) is 3. The summed E-state index contributed by atoms with van der Waals surface area (Å²) in [6, 6.07) is 4.79. The number of benzene rings is 1. The quantitative estimate of drug-likeness (QED) is 0.896. The van der Waals surface area contributed by atoms with E-state index in [1.54, 1.807) is 6.07 Å². The summed E-state index contributed by atoms with van der Waals surface area (Å²) in [7, 11) is 0. The smallest absolute Gasteiger partial charge is 0.253 e. The van der Waals surface area contributed by atoms with Crippen LogP contribution in [0.15, 0.2) is 18.2 Å². The van der Waals surface area contributed by atoms with Crippen LogP contribution in [0.2, 0.25) is 0 Å². The van der Waals surface area contributed by atoms with E-state index in [2.05, 4.69) is 17.6 Å². The lowest BCUT2D eigenvalue weighted by atomic mass is 9.97. The molecular weight excluding hydrogens is 271 g/mol. The van der Waals surface area contributed by atoms with Crippen molar-refractivity contribution in [1.82, 2.24) is 0 Å². The first-order valence-corrected chi connectivity index (χ1v) is 7.60. The van der Waals surface area contributed by atoms with Crippen LogP contribution < -0.4 is 10.6 Å². The SMILES string of the molecule is C[C@H]1CCO[C@H](C(=O)Nc2ccc(F)cc2NC2CC2)C1. The molecule has 114 valence electrons. The van der Waals surface area contributed by atoms with Gasteiger partial charge in [0.2, 0.25) is 0 Å². The van der Waals surface area contributed by atoms with Crippen molar-refractivity contribution in [2.75, 3.05) is 17.2 Å². The first-order chi connectivity index (χ1) is 10.1. The van der Waals surface area contributed by atoms with Gasteiger partial charge in [-0.3, -0.25) is 4.79 Å². The standard InChI is InChI=1S/C16H21FN2O2/c1-10-6-7-21-15(8-10)16(20)19-13-5-2-11(17)9-14(13)18-12-3-4-12/h2,5,9-10,12,15,18H,3-4,6-8H2,1H3,(H,19,20)/t10-,15-/m0/s1. The van der Waals surface area contributed by atoms with Gasteiger partial charge in [0.15, 0.2) is 0 Å². The maximum absolute atomic E-state index is 13.4. The molecule has 2 N–H and O–H groups in total. The molecular formula is C16H21FN2O2. The molecule has 5 heteroatoms. The number of hydrogen-bond donors (Lipinski definition) is 2. The third kappa shape index (κ3) is 3.73. The van der Waals surface area contributed by atoms with E-state index in [1.165, 1.54) is 12.1 Å². The van der Waals surface area contributed by atoms with Crippen LogP contribution in [-0.2, 0) is 9.53 Å². The van der Waals surface area contributed by atoms with Gasteiger partial charge < -0.3 is 15.4 Å². The van der Waals surface area contributed by atoms with E-state index >= 15 is 0 Å². The lowest BCUT2D eigenvalue weighted by molar-refractivity contribution is -0.131. The molecule has 1 aliphatic heterocycles. The molecule has 1 saturated carbocycles. The van der Waals surface area contributed by atoms with Crippen LogP contribution in [0.25, 0.3) is 0 Å². The van der Waals surface area contributed by atoms with Crippen LogP contribution in [-0.4, -0.2) is 24.7 Å². The molecule has 0 aromatic heterocycles. The van der Waals surface area contributed by atoms with Crippen molar-refractivity contribution >= 4 is 17.3 Å². The number of rotatable bonds is 4. The average Bonchev–Trinajstić information content (AvgIpc) is 3.26. The molecule has 21 heavy (non-hydrogen) atoms. The van der Waals surface area contributed by atoms with E-state index in [4.69, 9.17) is 4.74 Å². The number of amides is 1. The number of ether oxygens (including phenoxy) is 1. The number of nitrogens with one attached hydrogen (secondary N) is 2. The second kappa shape index (κ2) is 6.02. The van der Waals surface area contributed by atoms with Gasteiger partial charge in [0.1, 0.15) is 11.9 Å². The van der Waals surface area contributed by atoms with Crippen LogP contribution in [0.5, 0.6) is 0 Å². The average molecular weight is 292 g/mol. The topological polar surface area (TPSA) is 50.4 Å². The zero-order valence-corrected chi connectivity index (χ0v) is 12.2. The molecule has 1 aromatic rings. The maximum atomic E-state index is 13.4. The van der Waals surface area contributed by atoms with Crippen molar-refractivity contribution in [2.45, 2.75) is 44.8 Å². The summed E-state index contributed by atoms with van der Waals surface area (Å²) in [4.78, 5) is 12.3. The van der Waals surface area contributed by atoms with Gasteiger partial charge in [-0.15, -0.1) is 0 Å². The Balaban J connectivity index is 1.69. The molecule has 1 heterocycles. The highest BCUT2D eigenvalue weighted by molar-refractivity contribution is 5.97. The Bertz CT molecular complexity index is 531. The van der Waals surface area contributed by atoms with E-state index in [-0.39, 0.29) is 11.7 Å². The first-order valence-electron chi connectivity index (χ1n) is 7.60. The van der Waals surface area contributed by atoms with E-state index in [0.29, 0.717) is 29.9 Å². The molecule has 1 aliphatic carbocycles. The Kier molecular flexibility index (Phi) is 4.10. The minimum Gasteiger partial charge on any atom is -0.381 e. The van der Waals surface area contributed by atoms with E-state index in [0.717, 1.165) is 25.7 Å². The van der Waals surface area contributed by atoms with Gasteiger partial charge in [-0.05, 0) is 49.8 Å². The van der Waals surface area contributed by atoms with Crippen molar-refractivity contribution < 1.29 is 13.9 Å². The lowest BCUT2D eigenvalue weighted by Crippen LogP contribution is -2.36. The van der Waals surface area contributed by atoms with Crippen molar-refractivity contribution in [3.05, 3.63) is 24.0 Å². The van der Waals surface area contributed by atoms with Crippen molar-refractivity contribution in [1.29, 1.82) is 0 Å². The Hall–Kier alpha value is -1.62. The summed E-state index contributed by atoms with van der Waals surface area (Å²) in [6.45, 7) is 2.75. The number of carbonyl (C=O) groups excluding carboxylic acids is 1. The number of carbonyl (C=O) groups is 1. The monoisotopic (exact) mass is 292 g/mol.